The van der Waals surface area contributed by atoms with Gasteiger partial charge in [-0.1, -0.05) is 66.2 Å². The Morgan fingerprint density at radius 1 is 1.19 bits per heavy atom. The fraction of sp³-hybridized carbons (Fsp3) is 0.190. The molecule has 0 aliphatic heterocycles. The van der Waals surface area contributed by atoms with Crippen molar-refractivity contribution in [1.29, 1.82) is 0 Å². The molecule has 1 heterocycles. The standard InChI is InChI=1S/C21H21ClN2OS2/c1-15-9-7-8-12-17(15)14-24-18(13-19(26-2)27(3)25)20(22)23-21(24)16-10-5-4-6-11-16/h4-13H,14H2,1-3H3/b19-13+. The molecular weight excluding hydrogens is 396 g/mol. The van der Waals surface area contributed by atoms with Crippen LogP contribution in [0.2, 0.25) is 5.15 Å². The molecule has 0 radical (unpaired) electrons. The first-order chi connectivity index (χ1) is 13.0. The minimum Gasteiger partial charge on any atom is -0.319 e. The molecule has 0 fully saturated rings. The van der Waals surface area contributed by atoms with Gasteiger partial charge in [0.25, 0.3) is 0 Å². The van der Waals surface area contributed by atoms with Gasteiger partial charge in [-0.15, -0.1) is 11.8 Å². The average molecular weight is 417 g/mol. The minimum atomic E-state index is -1.08. The van der Waals surface area contributed by atoms with Crippen LogP contribution < -0.4 is 0 Å². The van der Waals surface area contributed by atoms with Crippen molar-refractivity contribution in [3.8, 4) is 11.4 Å². The molecule has 3 aromatic rings. The molecule has 0 saturated heterocycles. The van der Waals surface area contributed by atoms with Gasteiger partial charge < -0.3 is 4.57 Å². The van der Waals surface area contributed by atoms with Gasteiger partial charge >= 0.3 is 0 Å². The molecule has 0 N–H and O–H groups in total. The summed E-state index contributed by atoms with van der Waals surface area (Å²) < 4.78 is 14.9. The van der Waals surface area contributed by atoms with Crippen LogP contribution in [-0.2, 0) is 17.3 Å². The average Bonchev–Trinajstić information content (AvgIpc) is 2.97. The summed E-state index contributed by atoms with van der Waals surface area (Å²) in [7, 11) is -1.08. The van der Waals surface area contributed by atoms with Crippen LogP contribution in [0, 0.1) is 6.92 Å². The van der Waals surface area contributed by atoms with E-state index in [1.807, 2.05) is 54.8 Å². The topological polar surface area (TPSA) is 34.9 Å². The number of benzene rings is 2. The molecule has 0 aliphatic carbocycles. The van der Waals surface area contributed by atoms with Crippen LogP contribution in [0.5, 0.6) is 0 Å². The van der Waals surface area contributed by atoms with Crippen LogP contribution >= 0.6 is 23.4 Å². The van der Waals surface area contributed by atoms with Crippen LogP contribution in [0.3, 0.4) is 0 Å². The van der Waals surface area contributed by atoms with E-state index in [0.29, 0.717) is 11.7 Å². The third kappa shape index (κ3) is 4.54. The van der Waals surface area contributed by atoms with Gasteiger partial charge in [0.2, 0.25) is 0 Å². The van der Waals surface area contributed by atoms with Crippen LogP contribution in [0.4, 0.5) is 0 Å². The van der Waals surface area contributed by atoms with Crippen molar-refractivity contribution in [1.82, 2.24) is 9.55 Å². The normalized spacial score (nSPS) is 13.0. The smallest absolute Gasteiger partial charge is 0.155 e. The van der Waals surface area contributed by atoms with E-state index < -0.39 is 10.8 Å². The second-order valence-electron chi connectivity index (χ2n) is 6.11. The number of thioether (sulfide) groups is 1. The Hall–Kier alpha value is -1.82. The molecule has 3 nitrogen and oxygen atoms in total. The number of halogens is 1. The van der Waals surface area contributed by atoms with Crippen molar-refractivity contribution >= 4 is 40.2 Å². The molecule has 1 atom stereocenters. The third-order valence-corrected chi connectivity index (χ3v) is 7.01. The molecule has 0 aliphatic rings. The van der Waals surface area contributed by atoms with Gasteiger partial charge in [0, 0.05) is 18.4 Å². The van der Waals surface area contributed by atoms with E-state index >= 15 is 0 Å². The summed E-state index contributed by atoms with van der Waals surface area (Å²) in [6.45, 7) is 2.74. The molecule has 1 aromatic heterocycles. The van der Waals surface area contributed by atoms with Crippen LogP contribution in [-0.4, -0.2) is 26.3 Å². The first kappa shape index (κ1) is 19.9. The van der Waals surface area contributed by atoms with Gasteiger partial charge in [0.1, 0.15) is 5.82 Å². The summed E-state index contributed by atoms with van der Waals surface area (Å²) in [5.74, 6) is 0.803. The monoisotopic (exact) mass is 416 g/mol. The van der Waals surface area contributed by atoms with Crippen molar-refractivity contribution in [2.45, 2.75) is 13.5 Å². The Labute approximate surface area is 171 Å². The van der Waals surface area contributed by atoms with Crippen molar-refractivity contribution in [2.75, 3.05) is 12.5 Å². The molecule has 0 saturated carbocycles. The Bertz CT molecular complexity index is 997. The quantitative estimate of drug-likeness (QED) is 0.524. The van der Waals surface area contributed by atoms with E-state index in [4.69, 9.17) is 11.6 Å². The van der Waals surface area contributed by atoms with Crippen molar-refractivity contribution in [3.63, 3.8) is 0 Å². The Kier molecular flexibility index (Phi) is 6.58. The molecule has 1 unspecified atom stereocenters. The van der Waals surface area contributed by atoms with Gasteiger partial charge in [-0.05, 0) is 30.4 Å². The zero-order valence-electron chi connectivity index (χ0n) is 15.5. The number of rotatable bonds is 6. The maximum absolute atomic E-state index is 12.0. The maximum atomic E-state index is 12.0. The van der Waals surface area contributed by atoms with E-state index in [1.54, 1.807) is 6.26 Å². The zero-order chi connectivity index (χ0) is 19.4. The summed E-state index contributed by atoms with van der Waals surface area (Å²) >= 11 is 7.99. The van der Waals surface area contributed by atoms with E-state index in [2.05, 4.69) is 28.6 Å². The summed E-state index contributed by atoms with van der Waals surface area (Å²) in [6.07, 6.45) is 5.48. The van der Waals surface area contributed by atoms with Gasteiger partial charge in [-0.25, -0.2) is 4.98 Å². The zero-order valence-corrected chi connectivity index (χ0v) is 17.9. The van der Waals surface area contributed by atoms with Crippen LogP contribution in [0.1, 0.15) is 16.8 Å². The number of aromatic nitrogens is 2. The van der Waals surface area contributed by atoms with Crippen LogP contribution in [0.15, 0.2) is 58.8 Å². The Morgan fingerprint density at radius 3 is 2.48 bits per heavy atom. The first-order valence-electron chi connectivity index (χ1n) is 8.46. The second kappa shape index (κ2) is 8.91. The summed E-state index contributed by atoms with van der Waals surface area (Å²) in [5, 5.41) is 0.416. The molecule has 6 heteroatoms. The second-order valence-corrected chi connectivity index (χ2v) is 8.92. The first-order valence-corrected chi connectivity index (χ1v) is 11.6. The van der Waals surface area contributed by atoms with Crippen LogP contribution in [0.25, 0.3) is 17.5 Å². The largest absolute Gasteiger partial charge is 0.319 e. The molecule has 140 valence electrons. The van der Waals surface area contributed by atoms with Crippen molar-refractivity contribution in [2.24, 2.45) is 0 Å². The lowest BCUT2D eigenvalue weighted by Crippen LogP contribution is -2.06. The molecule has 0 amide bonds. The predicted molar refractivity (Wildman–Crippen MR) is 119 cm³/mol. The molecular formula is C21H21ClN2OS2. The molecule has 0 spiro atoms. The Morgan fingerprint density at radius 2 is 1.85 bits per heavy atom. The van der Waals surface area contributed by atoms with Crippen molar-refractivity contribution < 1.29 is 4.21 Å². The highest BCUT2D eigenvalue weighted by Gasteiger charge is 2.18. The highest BCUT2D eigenvalue weighted by molar-refractivity contribution is 8.16. The minimum absolute atomic E-state index is 0.416. The SMILES string of the molecule is CS/C(=C\c1c(Cl)nc(-c2ccccc2)n1Cc1ccccc1C)S(C)=O. The molecule has 0 bridgehead atoms. The fourth-order valence-corrected chi connectivity index (χ4v) is 4.55. The highest BCUT2D eigenvalue weighted by atomic mass is 35.5. The molecule has 27 heavy (non-hydrogen) atoms. The van der Waals surface area contributed by atoms with Gasteiger partial charge in [-0.3, -0.25) is 4.21 Å². The summed E-state index contributed by atoms with van der Waals surface area (Å²) in [6, 6.07) is 18.3. The number of nitrogens with zero attached hydrogens (tertiary/aromatic N) is 2. The van der Waals surface area contributed by atoms with E-state index in [0.717, 1.165) is 21.3 Å². The number of aryl methyl sites for hydroxylation is 1. The molecule has 3 rings (SSSR count). The van der Waals surface area contributed by atoms with Crippen molar-refractivity contribution in [3.05, 3.63) is 80.8 Å². The van der Waals surface area contributed by atoms with Gasteiger partial charge in [0.05, 0.1) is 20.7 Å². The van der Waals surface area contributed by atoms with E-state index in [-0.39, 0.29) is 0 Å². The highest BCUT2D eigenvalue weighted by Crippen LogP contribution is 2.30. The lowest BCUT2D eigenvalue weighted by Gasteiger charge is -2.13. The summed E-state index contributed by atoms with van der Waals surface area (Å²) in [4.78, 5) is 4.63. The van der Waals surface area contributed by atoms with Gasteiger partial charge in [0.15, 0.2) is 5.15 Å². The number of imidazole rings is 1. The lowest BCUT2D eigenvalue weighted by molar-refractivity contribution is 0.691. The van der Waals surface area contributed by atoms with E-state index in [1.165, 1.54) is 22.9 Å². The van der Waals surface area contributed by atoms with E-state index in [9.17, 15) is 4.21 Å². The predicted octanol–water partition coefficient (Wildman–Crippen LogP) is 5.60. The number of hydrogen-bond donors (Lipinski definition) is 0. The number of hydrogen-bond acceptors (Lipinski definition) is 3. The fourth-order valence-electron chi connectivity index (χ4n) is 2.87. The maximum Gasteiger partial charge on any atom is 0.155 e. The molecule has 2 aromatic carbocycles. The van der Waals surface area contributed by atoms with Gasteiger partial charge in [-0.2, -0.15) is 0 Å². The Balaban J connectivity index is 2.20. The summed E-state index contributed by atoms with van der Waals surface area (Å²) in [5.41, 5.74) is 4.18. The third-order valence-electron chi connectivity index (χ3n) is 4.32. The lowest BCUT2D eigenvalue weighted by atomic mass is 10.1.